The smallest absolute Gasteiger partial charge is 0.254 e. The fourth-order valence-corrected chi connectivity index (χ4v) is 3.07. The third kappa shape index (κ3) is 3.96. The molecule has 0 unspecified atom stereocenters. The zero-order valence-electron chi connectivity index (χ0n) is 12.3. The normalized spacial score (nSPS) is 16.9. The molecule has 0 radical (unpaired) electrons. The van der Waals surface area contributed by atoms with Gasteiger partial charge in [0.05, 0.1) is 6.61 Å². The molecule has 0 aromatic heterocycles. The lowest BCUT2D eigenvalue weighted by Crippen LogP contribution is -2.47. The molecule has 0 spiro atoms. The van der Waals surface area contributed by atoms with Crippen molar-refractivity contribution in [3.8, 4) is 0 Å². The van der Waals surface area contributed by atoms with Gasteiger partial charge in [0.15, 0.2) is 0 Å². The molecule has 1 heterocycles. The molecule has 6 heteroatoms. The van der Waals surface area contributed by atoms with Crippen LogP contribution in [0.2, 0.25) is 0 Å². The number of halogens is 1. The Hall–Kier alpha value is -1.11. The van der Waals surface area contributed by atoms with Crippen molar-refractivity contribution in [2.24, 2.45) is 0 Å². The van der Waals surface area contributed by atoms with E-state index in [2.05, 4.69) is 27.9 Å². The van der Waals surface area contributed by atoms with E-state index in [4.69, 9.17) is 5.73 Å². The minimum absolute atomic E-state index is 0.0196. The standard InChI is InChI=1S/C15H22BrN3O2/c1-18-6-4-12(5-7-18)19(8-9-20)15(21)11-2-3-14(17)13(16)10-11/h2-3,10,12,20H,4-9,17H2,1H3. The highest BCUT2D eigenvalue weighted by Crippen LogP contribution is 2.23. The van der Waals surface area contributed by atoms with Crippen LogP contribution >= 0.6 is 15.9 Å². The lowest BCUT2D eigenvalue weighted by atomic mass is 10.0. The Morgan fingerprint density at radius 3 is 2.71 bits per heavy atom. The predicted molar refractivity (Wildman–Crippen MR) is 87.2 cm³/mol. The summed E-state index contributed by atoms with van der Waals surface area (Å²) < 4.78 is 0.723. The summed E-state index contributed by atoms with van der Waals surface area (Å²) in [6.45, 7) is 2.31. The van der Waals surface area contributed by atoms with E-state index in [9.17, 15) is 9.90 Å². The minimum Gasteiger partial charge on any atom is -0.398 e. The van der Waals surface area contributed by atoms with Gasteiger partial charge >= 0.3 is 0 Å². The van der Waals surface area contributed by atoms with Crippen LogP contribution in [0.15, 0.2) is 22.7 Å². The van der Waals surface area contributed by atoms with E-state index >= 15 is 0 Å². The molecule has 1 aliphatic heterocycles. The molecule has 2 rings (SSSR count). The Morgan fingerprint density at radius 1 is 1.48 bits per heavy atom. The third-order valence-electron chi connectivity index (χ3n) is 3.98. The summed E-state index contributed by atoms with van der Waals surface area (Å²) >= 11 is 3.35. The van der Waals surface area contributed by atoms with Gasteiger partial charge in [-0.15, -0.1) is 0 Å². The second kappa shape index (κ2) is 7.24. The van der Waals surface area contributed by atoms with Crippen LogP contribution in [0.1, 0.15) is 23.2 Å². The number of hydrogen-bond acceptors (Lipinski definition) is 4. The molecule has 0 saturated carbocycles. The van der Waals surface area contributed by atoms with Crippen molar-refractivity contribution >= 4 is 27.5 Å². The average molecular weight is 356 g/mol. The topological polar surface area (TPSA) is 69.8 Å². The molecule has 1 aliphatic rings. The highest BCUT2D eigenvalue weighted by molar-refractivity contribution is 9.10. The van der Waals surface area contributed by atoms with Gasteiger partial charge in [-0.3, -0.25) is 4.79 Å². The summed E-state index contributed by atoms with van der Waals surface area (Å²) in [5, 5.41) is 9.28. The number of amides is 1. The quantitative estimate of drug-likeness (QED) is 0.804. The maximum absolute atomic E-state index is 12.7. The molecular formula is C15H22BrN3O2. The van der Waals surface area contributed by atoms with Crippen LogP contribution in [0.3, 0.4) is 0 Å². The number of carbonyl (C=O) groups is 1. The number of nitrogens with two attached hydrogens (primary N) is 1. The Balaban J connectivity index is 2.16. The number of rotatable bonds is 4. The van der Waals surface area contributed by atoms with Gasteiger partial charge in [0.1, 0.15) is 0 Å². The zero-order valence-corrected chi connectivity index (χ0v) is 13.8. The van der Waals surface area contributed by atoms with Gasteiger partial charge in [0.2, 0.25) is 0 Å². The van der Waals surface area contributed by atoms with Crippen LogP contribution in [-0.4, -0.2) is 60.1 Å². The van der Waals surface area contributed by atoms with Crippen molar-refractivity contribution in [3.63, 3.8) is 0 Å². The van der Waals surface area contributed by atoms with Gasteiger partial charge in [-0.25, -0.2) is 0 Å². The first kappa shape index (κ1) is 16.3. The van der Waals surface area contributed by atoms with Gasteiger partial charge in [0.25, 0.3) is 5.91 Å². The van der Waals surface area contributed by atoms with Gasteiger partial charge in [0, 0.05) is 28.3 Å². The number of anilines is 1. The van der Waals surface area contributed by atoms with Gasteiger partial charge in [-0.1, -0.05) is 0 Å². The number of aliphatic hydroxyl groups excluding tert-OH is 1. The Kier molecular flexibility index (Phi) is 5.61. The monoisotopic (exact) mass is 355 g/mol. The third-order valence-corrected chi connectivity index (χ3v) is 4.66. The number of carbonyl (C=O) groups excluding carboxylic acids is 1. The van der Waals surface area contributed by atoms with E-state index in [-0.39, 0.29) is 18.6 Å². The van der Waals surface area contributed by atoms with Gasteiger partial charge < -0.3 is 20.6 Å². The van der Waals surface area contributed by atoms with Gasteiger partial charge in [-0.05, 0) is 67.1 Å². The molecule has 5 nitrogen and oxygen atoms in total. The van der Waals surface area contributed by atoms with Crippen LogP contribution in [-0.2, 0) is 0 Å². The fourth-order valence-electron chi connectivity index (χ4n) is 2.69. The van der Waals surface area contributed by atoms with Crippen LogP contribution in [0, 0.1) is 0 Å². The van der Waals surface area contributed by atoms with Crippen LogP contribution in [0.4, 0.5) is 5.69 Å². The Bertz CT molecular complexity index is 502. The molecule has 1 fully saturated rings. The first-order chi connectivity index (χ1) is 10.0. The molecule has 21 heavy (non-hydrogen) atoms. The van der Waals surface area contributed by atoms with E-state index in [1.54, 1.807) is 23.1 Å². The maximum Gasteiger partial charge on any atom is 0.254 e. The van der Waals surface area contributed by atoms with Crippen molar-refractivity contribution in [1.29, 1.82) is 0 Å². The number of nitrogen functional groups attached to an aromatic ring is 1. The summed E-state index contributed by atoms with van der Waals surface area (Å²) in [5.41, 5.74) is 6.98. The van der Waals surface area contributed by atoms with E-state index in [0.29, 0.717) is 17.8 Å². The van der Waals surface area contributed by atoms with Crippen LogP contribution < -0.4 is 5.73 Å². The van der Waals surface area contributed by atoms with Crippen LogP contribution in [0.5, 0.6) is 0 Å². The van der Waals surface area contributed by atoms with Gasteiger partial charge in [-0.2, -0.15) is 0 Å². The summed E-state index contributed by atoms with van der Waals surface area (Å²) in [6, 6.07) is 5.40. The van der Waals surface area contributed by atoms with Crippen molar-refractivity contribution in [2.75, 3.05) is 39.0 Å². The molecule has 0 atom stereocenters. The van der Waals surface area contributed by atoms with Crippen LogP contribution in [0.25, 0.3) is 0 Å². The number of nitrogens with zero attached hydrogens (tertiary/aromatic N) is 2. The summed E-state index contributed by atoms with van der Waals surface area (Å²) in [6.07, 6.45) is 1.89. The van der Waals surface area contributed by atoms with Crippen molar-refractivity contribution in [3.05, 3.63) is 28.2 Å². The fraction of sp³-hybridized carbons (Fsp3) is 0.533. The van der Waals surface area contributed by atoms with Crippen molar-refractivity contribution in [2.45, 2.75) is 18.9 Å². The lowest BCUT2D eigenvalue weighted by molar-refractivity contribution is 0.0540. The zero-order chi connectivity index (χ0) is 15.4. The highest BCUT2D eigenvalue weighted by Gasteiger charge is 2.27. The predicted octanol–water partition coefficient (Wildman–Crippen LogP) is 1.56. The number of hydrogen-bond donors (Lipinski definition) is 2. The molecule has 1 saturated heterocycles. The number of aliphatic hydroxyl groups is 1. The van der Waals surface area contributed by atoms with Crippen molar-refractivity contribution < 1.29 is 9.90 Å². The van der Waals surface area contributed by atoms with E-state index in [0.717, 1.165) is 30.4 Å². The molecule has 116 valence electrons. The molecular weight excluding hydrogens is 334 g/mol. The maximum atomic E-state index is 12.7. The first-order valence-corrected chi connectivity index (χ1v) is 7.97. The summed E-state index contributed by atoms with van der Waals surface area (Å²) in [4.78, 5) is 16.8. The lowest BCUT2D eigenvalue weighted by Gasteiger charge is -2.37. The van der Waals surface area contributed by atoms with Crippen molar-refractivity contribution in [1.82, 2.24) is 9.80 Å². The summed E-state index contributed by atoms with van der Waals surface area (Å²) in [5.74, 6) is -0.0423. The number of piperidine rings is 1. The Labute approximate surface area is 133 Å². The molecule has 1 amide bonds. The largest absolute Gasteiger partial charge is 0.398 e. The first-order valence-electron chi connectivity index (χ1n) is 7.18. The molecule has 3 N–H and O–H groups in total. The second-order valence-electron chi connectivity index (χ2n) is 5.49. The Morgan fingerprint density at radius 2 is 2.14 bits per heavy atom. The van der Waals surface area contributed by atoms with E-state index < -0.39 is 0 Å². The molecule has 1 aromatic carbocycles. The molecule has 0 aliphatic carbocycles. The highest BCUT2D eigenvalue weighted by atomic mass is 79.9. The number of benzene rings is 1. The van der Waals surface area contributed by atoms with E-state index in [1.807, 2.05) is 0 Å². The summed E-state index contributed by atoms with van der Waals surface area (Å²) in [7, 11) is 2.09. The molecule has 0 bridgehead atoms. The SMILES string of the molecule is CN1CCC(N(CCO)C(=O)c2ccc(N)c(Br)c2)CC1. The van der Waals surface area contributed by atoms with E-state index in [1.165, 1.54) is 0 Å². The second-order valence-corrected chi connectivity index (χ2v) is 6.35. The average Bonchev–Trinajstić information content (AvgIpc) is 2.48. The minimum atomic E-state index is -0.0423. The molecule has 1 aromatic rings. The number of likely N-dealkylation sites (tertiary alicyclic amines) is 1.